The Hall–Kier alpha value is -2.73. The van der Waals surface area contributed by atoms with Crippen molar-refractivity contribution in [3.05, 3.63) is 64.4 Å². The monoisotopic (exact) mass is 380 g/mol. The Bertz CT molecular complexity index is 957. The fourth-order valence-corrected chi connectivity index (χ4v) is 2.87. The number of ether oxygens (including phenoxy) is 1. The minimum Gasteiger partial charge on any atom is -0.494 e. The first-order chi connectivity index (χ1) is 13.2. The molecule has 0 aliphatic heterocycles. The number of aromatic amines is 1. The van der Waals surface area contributed by atoms with E-state index in [2.05, 4.69) is 28.3 Å². The van der Waals surface area contributed by atoms with Crippen LogP contribution < -0.4 is 4.74 Å². The molecule has 0 spiro atoms. The lowest BCUT2D eigenvalue weighted by Crippen LogP contribution is -1.97. The highest BCUT2D eigenvalue weighted by molar-refractivity contribution is 7.71. The van der Waals surface area contributed by atoms with Crippen molar-refractivity contribution in [2.45, 2.75) is 33.1 Å². The summed E-state index contributed by atoms with van der Waals surface area (Å²) in [6.07, 6.45) is 5.24. The van der Waals surface area contributed by atoms with E-state index in [1.165, 1.54) is 12.8 Å². The molecule has 1 aromatic heterocycles. The van der Waals surface area contributed by atoms with E-state index in [0.717, 1.165) is 35.5 Å². The second-order valence-corrected chi connectivity index (χ2v) is 6.79. The molecule has 0 unspecified atom stereocenters. The maximum absolute atomic E-state index is 5.74. The zero-order valence-corrected chi connectivity index (χ0v) is 16.5. The molecule has 0 amide bonds. The Morgan fingerprint density at radius 2 is 2.00 bits per heavy atom. The predicted octanol–water partition coefficient (Wildman–Crippen LogP) is 5.37. The summed E-state index contributed by atoms with van der Waals surface area (Å²) in [5.74, 6) is 1.57. The van der Waals surface area contributed by atoms with Gasteiger partial charge in [0.05, 0.1) is 12.8 Å². The quantitative estimate of drug-likeness (QED) is 0.325. The number of aryl methyl sites for hydroxylation is 1. The summed E-state index contributed by atoms with van der Waals surface area (Å²) in [5, 5.41) is 11.6. The zero-order valence-electron chi connectivity index (χ0n) is 15.7. The van der Waals surface area contributed by atoms with E-state index in [-0.39, 0.29) is 0 Å². The van der Waals surface area contributed by atoms with Gasteiger partial charge in [-0.3, -0.25) is 0 Å². The highest BCUT2D eigenvalue weighted by atomic mass is 32.1. The topological polar surface area (TPSA) is 55.2 Å². The summed E-state index contributed by atoms with van der Waals surface area (Å²) in [6.45, 7) is 4.99. The van der Waals surface area contributed by atoms with Gasteiger partial charge in [-0.15, -0.1) is 0 Å². The molecule has 0 atom stereocenters. The van der Waals surface area contributed by atoms with Crippen LogP contribution in [0, 0.1) is 11.7 Å². The van der Waals surface area contributed by atoms with Crippen molar-refractivity contribution in [2.75, 3.05) is 6.61 Å². The highest BCUT2D eigenvalue weighted by Gasteiger charge is 2.08. The molecule has 0 aliphatic rings. The second-order valence-electron chi connectivity index (χ2n) is 6.40. The number of rotatable bonds is 8. The van der Waals surface area contributed by atoms with Gasteiger partial charge in [-0.2, -0.15) is 14.9 Å². The lowest BCUT2D eigenvalue weighted by Gasteiger charge is -2.05. The minimum atomic E-state index is 0.457. The molecule has 1 heterocycles. The number of nitrogens with one attached hydrogen (secondary N) is 1. The molecule has 3 aromatic rings. The van der Waals surface area contributed by atoms with Gasteiger partial charge in [0, 0.05) is 5.56 Å². The number of H-pyrrole nitrogens is 1. The van der Waals surface area contributed by atoms with Crippen molar-refractivity contribution in [1.29, 1.82) is 0 Å². The molecule has 140 valence electrons. The van der Waals surface area contributed by atoms with Crippen molar-refractivity contribution >= 4 is 18.4 Å². The molecule has 0 radical (unpaired) electrons. The van der Waals surface area contributed by atoms with Crippen molar-refractivity contribution in [2.24, 2.45) is 5.10 Å². The molecule has 0 bridgehead atoms. The number of nitrogens with zero attached hydrogens (tertiary/aromatic N) is 3. The number of hydrogen-bond donors (Lipinski definition) is 1. The number of hydrogen-bond acceptors (Lipinski definition) is 4. The lowest BCUT2D eigenvalue weighted by molar-refractivity contribution is 0.306. The molecule has 0 fully saturated rings. The second kappa shape index (κ2) is 9.28. The van der Waals surface area contributed by atoms with Gasteiger partial charge in [-0.1, -0.05) is 43.5 Å². The zero-order chi connectivity index (χ0) is 19.1. The molecule has 5 nitrogen and oxygen atoms in total. The highest BCUT2D eigenvalue weighted by Crippen LogP contribution is 2.18. The van der Waals surface area contributed by atoms with Gasteiger partial charge in [0.25, 0.3) is 0 Å². The maximum atomic E-state index is 5.74. The first kappa shape index (κ1) is 19.0. The van der Waals surface area contributed by atoms with Crippen LogP contribution in [0.4, 0.5) is 0 Å². The van der Waals surface area contributed by atoms with E-state index >= 15 is 0 Å². The van der Waals surface area contributed by atoms with Crippen LogP contribution in [0.1, 0.15) is 37.3 Å². The summed E-state index contributed by atoms with van der Waals surface area (Å²) in [7, 11) is 0. The molecule has 0 saturated heterocycles. The largest absolute Gasteiger partial charge is 0.494 e. The van der Waals surface area contributed by atoms with E-state index in [1.807, 2.05) is 49.4 Å². The average Bonchev–Trinajstić information content (AvgIpc) is 3.05. The Kier molecular flexibility index (Phi) is 6.54. The molecule has 6 heteroatoms. The maximum Gasteiger partial charge on any atom is 0.216 e. The van der Waals surface area contributed by atoms with E-state index in [9.17, 15) is 0 Å². The van der Waals surface area contributed by atoms with Gasteiger partial charge < -0.3 is 4.74 Å². The summed E-state index contributed by atoms with van der Waals surface area (Å²) >= 11 is 5.32. The third-order valence-electron chi connectivity index (χ3n) is 4.15. The lowest BCUT2D eigenvalue weighted by atomic mass is 10.1. The van der Waals surface area contributed by atoms with Crippen molar-refractivity contribution in [1.82, 2.24) is 14.9 Å². The first-order valence-corrected chi connectivity index (χ1v) is 9.60. The van der Waals surface area contributed by atoms with E-state index < -0.39 is 0 Å². The first-order valence-electron chi connectivity index (χ1n) is 9.19. The van der Waals surface area contributed by atoms with Crippen LogP contribution in [-0.4, -0.2) is 27.7 Å². The number of unbranched alkanes of at least 4 members (excludes halogenated alkanes) is 2. The van der Waals surface area contributed by atoms with Crippen LogP contribution in [0.5, 0.6) is 5.75 Å². The fourth-order valence-electron chi connectivity index (χ4n) is 2.69. The molecular formula is C21H24N4OS. The van der Waals surface area contributed by atoms with Gasteiger partial charge in [-0.05, 0) is 61.5 Å². The van der Waals surface area contributed by atoms with Crippen LogP contribution in [0.2, 0.25) is 0 Å². The summed E-state index contributed by atoms with van der Waals surface area (Å²) < 4.78 is 7.83. The summed E-state index contributed by atoms with van der Waals surface area (Å²) in [6, 6.07) is 16.0. The Morgan fingerprint density at radius 3 is 2.74 bits per heavy atom. The smallest absolute Gasteiger partial charge is 0.216 e. The van der Waals surface area contributed by atoms with Gasteiger partial charge in [0.15, 0.2) is 5.82 Å². The van der Waals surface area contributed by atoms with Crippen LogP contribution >= 0.6 is 12.2 Å². The third kappa shape index (κ3) is 5.14. The van der Waals surface area contributed by atoms with E-state index in [0.29, 0.717) is 10.6 Å². The van der Waals surface area contributed by atoms with Gasteiger partial charge in [-0.25, -0.2) is 5.10 Å². The van der Waals surface area contributed by atoms with Crippen molar-refractivity contribution in [3.8, 4) is 17.1 Å². The molecule has 27 heavy (non-hydrogen) atoms. The molecule has 2 aromatic carbocycles. The van der Waals surface area contributed by atoms with Gasteiger partial charge >= 0.3 is 0 Å². The normalized spacial score (nSPS) is 11.2. The standard InChI is InChI=1S/C21H24N4OS/c1-3-4-5-13-26-19-11-9-17(10-12-19)15-22-25-20(23-24-21(25)27)18-8-6-7-16(2)14-18/h6-12,14-15H,3-5,13H2,1-2H3,(H,24,27)/b22-15-. The Morgan fingerprint density at radius 1 is 1.19 bits per heavy atom. The van der Waals surface area contributed by atoms with Gasteiger partial charge in [0.2, 0.25) is 4.77 Å². The molecule has 0 saturated carbocycles. The van der Waals surface area contributed by atoms with Crippen molar-refractivity contribution < 1.29 is 4.74 Å². The molecule has 0 aliphatic carbocycles. The van der Waals surface area contributed by atoms with E-state index in [1.54, 1.807) is 10.9 Å². The average molecular weight is 381 g/mol. The number of benzene rings is 2. The summed E-state index contributed by atoms with van der Waals surface area (Å²) in [5.41, 5.74) is 3.09. The number of aromatic nitrogens is 3. The predicted molar refractivity (Wildman–Crippen MR) is 112 cm³/mol. The van der Waals surface area contributed by atoms with Crippen molar-refractivity contribution in [3.63, 3.8) is 0 Å². The third-order valence-corrected chi connectivity index (χ3v) is 4.41. The van der Waals surface area contributed by atoms with Gasteiger partial charge in [0.1, 0.15) is 5.75 Å². The fraction of sp³-hybridized carbons (Fsp3) is 0.286. The molecular weight excluding hydrogens is 356 g/mol. The van der Waals surface area contributed by atoms with Crippen LogP contribution in [0.15, 0.2) is 53.6 Å². The van der Waals surface area contributed by atoms with Crippen LogP contribution in [-0.2, 0) is 0 Å². The van der Waals surface area contributed by atoms with E-state index in [4.69, 9.17) is 17.0 Å². The SMILES string of the molecule is CCCCCOc1ccc(/C=N\n2c(-c3cccc(C)c3)n[nH]c2=S)cc1. The molecule has 1 N–H and O–H groups in total. The Labute approximate surface area is 164 Å². The minimum absolute atomic E-state index is 0.457. The van der Waals surface area contributed by atoms with Crippen LogP contribution in [0.25, 0.3) is 11.4 Å². The van der Waals surface area contributed by atoms with Crippen LogP contribution in [0.3, 0.4) is 0 Å². The molecule has 3 rings (SSSR count). The summed E-state index contributed by atoms with van der Waals surface area (Å²) in [4.78, 5) is 0. The Balaban J connectivity index is 1.73.